The van der Waals surface area contributed by atoms with Crippen LogP contribution < -0.4 is 16.1 Å². The molecule has 0 radical (unpaired) electrons. The minimum atomic E-state index is -3.11. The van der Waals surface area contributed by atoms with Gasteiger partial charge in [0.2, 0.25) is 18.1 Å². The van der Waals surface area contributed by atoms with E-state index in [-0.39, 0.29) is 12.8 Å². The summed E-state index contributed by atoms with van der Waals surface area (Å²) in [6, 6.07) is -3.04. The van der Waals surface area contributed by atoms with E-state index < -0.39 is 192 Å². The number of carboxylic acids is 2. The van der Waals surface area contributed by atoms with E-state index in [0.29, 0.717) is 11.1 Å². The predicted molar refractivity (Wildman–Crippen MR) is 257 cm³/mol. The molecular weight excluding hydrogens is 1000 g/mol. The maximum atomic E-state index is 13.6. The molecule has 27 heteroatoms. The monoisotopic (exact) mass is 1080 g/mol. The lowest BCUT2D eigenvalue weighted by atomic mass is 9.88. The molecule has 3 rings (SSSR count). The number of amides is 2. The van der Waals surface area contributed by atoms with E-state index in [2.05, 4.69) is 29.3 Å². The number of nitrogens with one attached hydrogen (secondary N) is 3. The van der Waals surface area contributed by atoms with E-state index in [1.54, 1.807) is 50.3 Å². The summed E-state index contributed by atoms with van der Waals surface area (Å²) in [5.41, 5.74) is 3.24. The summed E-state index contributed by atoms with van der Waals surface area (Å²) in [4.78, 5) is 58.8. The molecule has 16 N–H and O–H groups in total. The third kappa shape index (κ3) is 18.1. The number of hydrogen-bond donors (Lipinski definition) is 16. The molecule has 75 heavy (non-hydrogen) atoms. The zero-order chi connectivity index (χ0) is 56.2. The summed E-state index contributed by atoms with van der Waals surface area (Å²) >= 11 is 0. The Kier molecular flexibility index (Phi) is 26.9. The van der Waals surface area contributed by atoms with Crippen molar-refractivity contribution < 1.29 is 119 Å². The second-order valence-electron chi connectivity index (χ2n) is 18.0. The summed E-state index contributed by atoms with van der Waals surface area (Å²) in [5.74, 6) is -11.3. The first-order valence-corrected chi connectivity index (χ1v) is 24.0. The number of aliphatic hydroxyl groups is 11. The highest BCUT2D eigenvalue weighted by atomic mass is 16.8. The first kappa shape index (κ1) is 64.8. The van der Waals surface area contributed by atoms with Crippen LogP contribution in [0.15, 0.2) is 72.9 Å². The quantitative estimate of drug-likeness (QED) is 0.0136. The number of carbonyl (C=O) groups is 4. The molecule has 3 fully saturated rings. The minimum Gasteiger partial charge on any atom is -0.477 e. The van der Waals surface area contributed by atoms with Crippen molar-refractivity contribution in [3.8, 4) is 0 Å². The van der Waals surface area contributed by atoms with Gasteiger partial charge >= 0.3 is 11.9 Å². The second-order valence-corrected chi connectivity index (χ2v) is 18.0. The smallest absolute Gasteiger partial charge is 0.364 e. The molecule has 27 nitrogen and oxygen atoms in total. The zero-order valence-electron chi connectivity index (χ0n) is 41.9. The van der Waals surface area contributed by atoms with Gasteiger partial charge in [-0.2, -0.15) is 5.48 Å². The van der Waals surface area contributed by atoms with Crippen LogP contribution in [-0.4, -0.2) is 233 Å². The summed E-state index contributed by atoms with van der Waals surface area (Å²) in [6.45, 7) is 7.51. The molecule has 18 atom stereocenters. The number of aliphatic hydroxyl groups excluding tert-OH is 11. The zero-order valence-corrected chi connectivity index (χ0v) is 41.9. The predicted octanol–water partition coefficient (Wildman–Crippen LogP) is -4.09. The second kappa shape index (κ2) is 31.1. The maximum Gasteiger partial charge on any atom is 0.364 e. The lowest BCUT2D eigenvalue weighted by Crippen LogP contribution is -2.69. The number of carboxylic acid groups (broad SMARTS) is 2. The summed E-state index contributed by atoms with van der Waals surface area (Å²) in [5, 5.41) is 143. The first-order valence-electron chi connectivity index (χ1n) is 24.0. The minimum absolute atomic E-state index is 0.220. The molecule has 2 amide bonds. The lowest BCUT2D eigenvalue weighted by molar-refractivity contribution is -0.373. The first-order chi connectivity index (χ1) is 35.5. The van der Waals surface area contributed by atoms with E-state index in [1.165, 1.54) is 19.1 Å². The molecule has 3 aliphatic rings. The normalized spacial score (nSPS) is 32.8. The van der Waals surface area contributed by atoms with Crippen molar-refractivity contribution in [1.82, 2.24) is 16.1 Å². The summed E-state index contributed by atoms with van der Waals surface area (Å²) in [7, 11) is 0. The summed E-state index contributed by atoms with van der Waals surface area (Å²) < 4.78 is 34.6. The molecule has 3 saturated heterocycles. The van der Waals surface area contributed by atoms with E-state index in [1.807, 2.05) is 0 Å². The van der Waals surface area contributed by atoms with Crippen molar-refractivity contribution in [2.45, 2.75) is 169 Å². The Bertz CT molecular complexity index is 1990. The molecule has 0 saturated carbocycles. The largest absolute Gasteiger partial charge is 0.477 e. The van der Waals surface area contributed by atoms with Gasteiger partial charge in [-0.15, -0.1) is 0 Å². The Morgan fingerprint density at radius 3 is 1.72 bits per heavy atom. The van der Waals surface area contributed by atoms with Crippen LogP contribution in [0.4, 0.5) is 0 Å². The van der Waals surface area contributed by atoms with Crippen molar-refractivity contribution in [3.05, 3.63) is 72.9 Å². The molecule has 15 unspecified atom stereocenters. The van der Waals surface area contributed by atoms with Gasteiger partial charge in [-0.3, -0.25) is 14.4 Å². The Morgan fingerprint density at radius 2 is 1.25 bits per heavy atom. The molecule has 0 bridgehead atoms. The molecule has 3 aliphatic heterocycles. The highest BCUT2D eigenvalue weighted by Gasteiger charge is 2.60. The number of carbonyl (C=O) groups excluding carboxylic acids is 2. The summed E-state index contributed by atoms with van der Waals surface area (Å²) in [6.07, 6.45) is -16.3. The van der Waals surface area contributed by atoms with Gasteiger partial charge in [0.15, 0.2) is 0 Å². The van der Waals surface area contributed by atoms with Crippen molar-refractivity contribution in [1.29, 1.82) is 0 Å². The van der Waals surface area contributed by atoms with Crippen molar-refractivity contribution in [2.75, 3.05) is 33.2 Å². The van der Waals surface area contributed by atoms with Gasteiger partial charge in [0.1, 0.15) is 43.4 Å². The van der Waals surface area contributed by atoms with Crippen LogP contribution in [0.5, 0.6) is 0 Å². The van der Waals surface area contributed by atoms with Crippen LogP contribution in [0.25, 0.3) is 0 Å². The van der Waals surface area contributed by atoms with Crippen LogP contribution in [0.2, 0.25) is 0 Å². The maximum absolute atomic E-state index is 13.6. The highest BCUT2D eigenvalue weighted by molar-refractivity contribution is 5.81. The van der Waals surface area contributed by atoms with Crippen LogP contribution in [0, 0.1) is 0 Å². The average molecular weight is 1080 g/mol. The van der Waals surface area contributed by atoms with E-state index in [0.717, 1.165) is 0 Å². The molecular formula is C48H75N3O24. The van der Waals surface area contributed by atoms with Crippen LogP contribution in [-0.2, 0) is 52.4 Å². The third-order valence-electron chi connectivity index (χ3n) is 12.5. The number of allylic oxidation sites excluding steroid dienone is 8. The van der Waals surface area contributed by atoms with Crippen LogP contribution in [0.1, 0.15) is 59.3 Å². The van der Waals surface area contributed by atoms with Gasteiger partial charge in [0.05, 0.1) is 94.1 Å². The number of hydroxylamine groups is 1. The van der Waals surface area contributed by atoms with Gasteiger partial charge in [-0.1, -0.05) is 61.8 Å². The van der Waals surface area contributed by atoms with Crippen LogP contribution >= 0.6 is 0 Å². The van der Waals surface area contributed by atoms with E-state index in [4.69, 9.17) is 38.4 Å². The molecule has 0 spiro atoms. The molecule has 0 aromatic rings. The Labute approximate surface area is 432 Å². The van der Waals surface area contributed by atoms with Crippen molar-refractivity contribution in [3.63, 3.8) is 0 Å². The standard InChI is InChI=1S/C48H75N3O24/c1-6-10-12-26(8-3)14-36(60)50-38-30(57)18-47(45(65)66,72-33(38)16-28(56)20-52)71-29(21-53)17-34-39(51-37(61)15-27(9-4)13-11-7-2)31(58)19-48(73-34,46(67)68)74-43-41(63)35(23-55)70-44(42(43)64)75-49-24-69-25(5)40(62)32(59)22-54/h6-13,25,28-35,38-44,49,52-59,62-64H,1-2,14-24H2,3-5H3,(H,50,60)(H,51,61)(H,65,66)(H,67,68)/b12-10-,13-11-,26-8+,27-9+/t25?,28?,29?,30-,31-,32-,33?,34?,35?,38?,39?,40?,41?,42?,43?,44?,47?,48?/m1/s1. The number of ether oxygens (including phenoxy) is 6. The SMILES string of the molecule is C=C/C=C\C(=C/C)CC(=O)NC1C(CC(O)CO)OC(OC(CO)CC2OC(OC3C(O)C(CO)OC(ONCOC(C)C(O)[C@H](O)CO)C3O)(C(=O)O)C[C@@H](O)C2NC(=O)CC(/C=C\C=C)=C/C)(C(=O)O)C[C@H]1O. The molecule has 0 aromatic carbocycles. The Hall–Kier alpha value is -4.44. The van der Waals surface area contributed by atoms with Gasteiger partial charge in [0.25, 0.3) is 11.6 Å². The third-order valence-corrected chi connectivity index (χ3v) is 12.5. The fourth-order valence-corrected chi connectivity index (χ4v) is 8.41. The lowest BCUT2D eigenvalue weighted by Gasteiger charge is -2.49. The van der Waals surface area contributed by atoms with E-state index >= 15 is 0 Å². The highest BCUT2D eigenvalue weighted by Crippen LogP contribution is 2.40. The average Bonchev–Trinajstić information content (AvgIpc) is 3.38. The fourth-order valence-electron chi connectivity index (χ4n) is 8.41. The topological polar surface area (TPSA) is 432 Å². The molecule has 3 heterocycles. The van der Waals surface area contributed by atoms with Crippen molar-refractivity contribution >= 4 is 23.8 Å². The number of aliphatic carboxylic acids is 2. The number of hydrogen-bond acceptors (Lipinski definition) is 23. The van der Waals surface area contributed by atoms with Gasteiger partial charge < -0.3 is 105 Å². The van der Waals surface area contributed by atoms with Crippen molar-refractivity contribution in [2.24, 2.45) is 0 Å². The Morgan fingerprint density at radius 1 is 0.733 bits per heavy atom. The van der Waals surface area contributed by atoms with Gasteiger partial charge in [-0.05, 0) is 31.9 Å². The fraction of sp³-hybridized carbons (Fsp3) is 0.667. The van der Waals surface area contributed by atoms with Crippen LogP contribution in [0.3, 0.4) is 0 Å². The van der Waals surface area contributed by atoms with Gasteiger partial charge in [-0.25, -0.2) is 9.59 Å². The number of rotatable bonds is 31. The van der Waals surface area contributed by atoms with Gasteiger partial charge in [0, 0.05) is 25.7 Å². The van der Waals surface area contributed by atoms with E-state index in [9.17, 15) is 80.5 Å². The molecule has 0 aromatic heterocycles. The molecule has 0 aliphatic carbocycles. The molecule has 426 valence electrons. The Balaban J connectivity index is 2.04.